The van der Waals surface area contributed by atoms with Crippen LogP contribution in [-0.2, 0) is 6.54 Å². The summed E-state index contributed by atoms with van der Waals surface area (Å²) in [5, 5.41) is 5.85. The van der Waals surface area contributed by atoms with E-state index < -0.39 is 0 Å². The summed E-state index contributed by atoms with van der Waals surface area (Å²) in [4.78, 5) is 11.9. The van der Waals surface area contributed by atoms with Crippen LogP contribution in [0, 0.1) is 0 Å². The third-order valence-corrected chi connectivity index (χ3v) is 2.89. The normalized spacial score (nSPS) is 9.23. The smallest absolute Gasteiger partial charge is 0.257 e. The van der Waals surface area contributed by atoms with Crippen molar-refractivity contribution in [1.29, 1.82) is 0 Å². The lowest BCUT2D eigenvalue weighted by Crippen LogP contribution is -2.34. The van der Waals surface area contributed by atoms with Gasteiger partial charge >= 0.3 is 0 Å². The molecule has 2 rings (SSSR count). The summed E-state index contributed by atoms with van der Waals surface area (Å²) in [5.41, 5.74) is 7.93. The van der Waals surface area contributed by atoms with Crippen LogP contribution in [0.5, 0.6) is 0 Å². The van der Waals surface area contributed by atoms with Crippen LogP contribution in [0.4, 0.5) is 5.69 Å². The predicted octanol–water partition coefficient (Wildman–Crippen LogP) is 3.30. The lowest BCUT2D eigenvalue weighted by Gasteiger charge is -2.10. The standard InChI is InChI=1S/C15H15N3OS.C2H6/c16-10-11-5-4-8-13(9-11)17-15(20)18-14(19)12-6-2-1-3-7-12;1-2/h1-9H,10,16H2,(H2,17,18,19,20);1-2H3. The minimum atomic E-state index is -0.238. The Bertz CT molecular complexity index is 614. The predicted molar refractivity (Wildman–Crippen MR) is 95.8 cm³/mol. The Labute approximate surface area is 136 Å². The van der Waals surface area contributed by atoms with Crippen molar-refractivity contribution in [3.63, 3.8) is 0 Å². The van der Waals surface area contributed by atoms with Crippen LogP contribution >= 0.6 is 12.2 Å². The molecule has 0 fully saturated rings. The van der Waals surface area contributed by atoms with Crippen LogP contribution in [0.15, 0.2) is 54.6 Å². The Morgan fingerprint density at radius 2 is 1.77 bits per heavy atom. The van der Waals surface area contributed by atoms with E-state index >= 15 is 0 Å². The first-order chi connectivity index (χ1) is 10.7. The second-order valence-corrected chi connectivity index (χ2v) is 4.59. The van der Waals surface area contributed by atoms with Crippen molar-refractivity contribution in [2.24, 2.45) is 5.73 Å². The molecule has 0 saturated carbocycles. The van der Waals surface area contributed by atoms with Gasteiger partial charge in [0.25, 0.3) is 5.91 Å². The molecule has 0 heterocycles. The summed E-state index contributed by atoms with van der Waals surface area (Å²) in [5.74, 6) is -0.238. The zero-order chi connectivity index (χ0) is 16.4. The van der Waals surface area contributed by atoms with Crippen LogP contribution in [0.1, 0.15) is 29.8 Å². The van der Waals surface area contributed by atoms with Crippen molar-refractivity contribution in [2.45, 2.75) is 20.4 Å². The summed E-state index contributed by atoms with van der Waals surface area (Å²) in [6.45, 7) is 4.46. The van der Waals surface area contributed by atoms with Gasteiger partial charge in [-0.25, -0.2) is 0 Å². The zero-order valence-electron chi connectivity index (χ0n) is 12.8. The molecule has 0 aliphatic carbocycles. The molecule has 0 aliphatic rings. The fourth-order valence-corrected chi connectivity index (χ4v) is 1.91. The Balaban J connectivity index is 0.00000116. The molecule has 2 aromatic carbocycles. The van der Waals surface area contributed by atoms with Crippen molar-refractivity contribution in [2.75, 3.05) is 5.32 Å². The maximum Gasteiger partial charge on any atom is 0.257 e. The van der Waals surface area contributed by atoms with E-state index in [1.165, 1.54) is 0 Å². The van der Waals surface area contributed by atoms with E-state index in [-0.39, 0.29) is 11.0 Å². The number of hydrogen-bond acceptors (Lipinski definition) is 3. The van der Waals surface area contributed by atoms with E-state index in [1.807, 2.05) is 44.2 Å². The van der Waals surface area contributed by atoms with Crippen LogP contribution in [0.25, 0.3) is 0 Å². The summed E-state index contributed by atoms with van der Waals surface area (Å²) < 4.78 is 0. The van der Waals surface area contributed by atoms with E-state index in [0.29, 0.717) is 12.1 Å². The Hall–Kier alpha value is -2.24. The summed E-state index contributed by atoms with van der Waals surface area (Å²) >= 11 is 5.12. The van der Waals surface area contributed by atoms with Crippen LogP contribution in [0.3, 0.4) is 0 Å². The molecule has 0 radical (unpaired) electrons. The molecule has 4 N–H and O–H groups in total. The molecular formula is C17H21N3OS. The van der Waals surface area contributed by atoms with Gasteiger partial charge in [-0.2, -0.15) is 0 Å². The van der Waals surface area contributed by atoms with Gasteiger partial charge < -0.3 is 11.1 Å². The second-order valence-electron chi connectivity index (χ2n) is 4.18. The quantitative estimate of drug-likeness (QED) is 0.760. The number of thiocarbonyl (C=S) groups is 1. The molecular weight excluding hydrogens is 294 g/mol. The molecule has 0 bridgehead atoms. The summed E-state index contributed by atoms with van der Waals surface area (Å²) in [7, 11) is 0. The number of carbonyl (C=O) groups is 1. The number of anilines is 1. The third-order valence-electron chi connectivity index (χ3n) is 2.68. The molecule has 0 aromatic heterocycles. The molecule has 4 nitrogen and oxygen atoms in total. The minimum Gasteiger partial charge on any atom is -0.332 e. The van der Waals surface area contributed by atoms with Gasteiger partial charge in [-0.3, -0.25) is 10.1 Å². The highest BCUT2D eigenvalue weighted by Gasteiger charge is 2.07. The lowest BCUT2D eigenvalue weighted by molar-refractivity contribution is 0.0978. The van der Waals surface area contributed by atoms with E-state index in [9.17, 15) is 4.79 Å². The topological polar surface area (TPSA) is 67.2 Å². The van der Waals surface area contributed by atoms with E-state index in [0.717, 1.165) is 11.3 Å². The van der Waals surface area contributed by atoms with Gasteiger partial charge in [-0.05, 0) is 42.0 Å². The maximum absolute atomic E-state index is 11.9. The third kappa shape index (κ3) is 5.63. The highest BCUT2D eigenvalue weighted by molar-refractivity contribution is 7.80. The lowest BCUT2D eigenvalue weighted by atomic mass is 10.2. The second kappa shape index (κ2) is 9.65. The molecule has 0 unspecified atom stereocenters. The van der Waals surface area contributed by atoms with Crippen molar-refractivity contribution < 1.29 is 4.79 Å². The molecule has 2 aromatic rings. The maximum atomic E-state index is 11.9. The molecule has 5 heteroatoms. The highest BCUT2D eigenvalue weighted by Crippen LogP contribution is 2.10. The van der Waals surface area contributed by atoms with Crippen molar-refractivity contribution >= 4 is 28.9 Å². The van der Waals surface area contributed by atoms with Crippen LogP contribution in [0.2, 0.25) is 0 Å². The Morgan fingerprint density at radius 1 is 1.09 bits per heavy atom. The molecule has 0 saturated heterocycles. The fraction of sp³-hybridized carbons (Fsp3) is 0.176. The average Bonchev–Trinajstić information content (AvgIpc) is 2.57. The number of nitrogens with one attached hydrogen (secondary N) is 2. The SMILES string of the molecule is CC.NCc1cccc(NC(=S)NC(=O)c2ccccc2)c1. The van der Waals surface area contributed by atoms with Gasteiger partial charge in [-0.1, -0.05) is 44.2 Å². The molecule has 116 valence electrons. The first-order valence-electron chi connectivity index (χ1n) is 7.15. The van der Waals surface area contributed by atoms with Gasteiger partial charge in [0.05, 0.1) is 0 Å². The molecule has 1 amide bonds. The van der Waals surface area contributed by atoms with Gasteiger partial charge in [0.1, 0.15) is 0 Å². The molecule has 0 aliphatic heterocycles. The number of hydrogen-bond donors (Lipinski definition) is 3. The number of amides is 1. The van der Waals surface area contributed by atoms with E-state index in [4.69, 9.17) is 18.0 Å². The largest absolute Gasteiger partial charge is 0.332 e. The zero-order valence-corrected chi connectivity index (χ0v) is 13.6. The Morgan fingerprint density at radius 3 is 2.41 bits per heavy atom. The monoisotopic (exact) mass is 315 g/mol. The number of nitrogens with two attached hydrogens (primary N) is 1. The first kappa shape index (κ1) is 17.8. The number of benzene rings is 2. The van der Waals surface area contributed by atoms with Crippen molar-refractivity contribution in [3.8, 4) is 0 Å². The number of carbonyl (C=O) groups excluding carboxylic acids is 1. The summed E-state index contributed by atoms with van der Waals surface area (Å²) in [6, 6.07) is 16.5. The average molecular weight is 315 g/mol. The van der Waals surface area contributed by atoms with E-state index in [1.54, 1.807) is 24.3 Å². The van der Waals surface area contributed by atoms with E-state index in [2.05, 4.69) is 10.6 Å². The van der Waals surface area contributed by atoms with Crippen LogP contribution in [-0.4, -0.2) is 11.0 Å². The highest BCUT2D eigenvalue weighted by atomic mass is 32.1. The fourth-order valence-electron chi connectivity index (χ4n) is 1.70. The molecule has 0 spiro atoms. The van der Waals surface area contributed by atoms with Gasteiger partial charge in [0.15, 0.2) is 5.11 Å². The minimum absolute atomic E-state index is 0.238. The molecule has 22 heavy (non-hydrogen) atoms. The first-order valence-corrected chi connectivity index (χ1v) is 7.56. The van der Waals surface area contributed by atoms with Crippen molar-refractivity contribution in [1.82, 2.24) is 5.32 Å². The van der Waals surface area contributed by atoms with Gasteiger partial charge in [0.2, 0.25) is 0 Å². The Kier molecular flexibility index (Phi) is 7.81. The molecule has 0 atom stereocenters. The van der Waals surface area contributed by atoms with Gasteiger partial charge in [-0.15, -0.1) is 0 Å². The van der Waals surface area contributed by atoms with Crippen molar-refractivity contribution in [3.05, 3.63) is 65.7 Å². The van der Waals surface area contributed by atoms with Crippen LogP contribution < -0.4 is 16.4 Å². The van der Waals surface area contributed by atoms with Gasteiger partial charge in [0, 0.05) is 17.8 Å². The summed E-state index contributed by atoms with van der Waals surface area (Å²) in [6.07, 6.45) is 0. The number of rotatable bonds is 3.